The minimum Gasteiger partial charge on any atom is -0.356 e. The highest BCUT2D eigenvalue weighted by Gasteiger charge is 2.29. The standard InChI is InChI=1S/C25H32N2O2/c1-19-7-5-10-21(17-19)18-27-25(29)23-14-12-22(13-15-23)24(28)26-16-6-11-20-8-3-2-4-9-20/h2-5,7-10,17,22-23H,6,11-16,18H2,1H3,(H,26,28)(H,27,29). The van der Waals surface area contributed by atoms with Gasteiger partial charge in [-0.2, -0.15) is 0 Å². The van der Waals surface area contributed by atoms with Crippen molar-refractivity contribution in [2.24, 2.45) is 11.8 Å². The van der Waals surface area contributed by atoms with Gasteiger partial charge >= 0.3 is 0 Å². The van der Waals surface area contributed by atoms with Crippen molar-refractivity contribution in [2.45, 2.75) is 52.0 Å². The second kappa shape index (κ2) is 10.8. The largest absolute Gasteiger partial charge is 0.356 e. The molecule has 29 heavy (non-hydrogen) atoms. The van der Waals surface area contributed by atoms with Crippen molar-refractivity contribution in [3.05, 3.63) is 71.3 Å². The smallest absolute Gasteiger partial charge is 0.223 e. The molecule has 1 aliphatic carbocycles. The van der Waals surface area contributed by atoms with Crippen LogP contribution in [-0.4, -0.2) is 18.4 Å². The molecule has 2 amide bonds. The SMILES string of the molecule is Cc1cccc(CNC(=O)C2CCC(C(=O)NCCCc3ccccc3)CC2)c1. The Labute approximate surface area is 174 Å². The normalized spacial score (nSPS) is 18.8. The Morgan fingerprint density at radius 2 is 1.45 bits per heavy atom. The van der Waals surface area contributed by atoms with Crippen molar-refractivity contribution in [3.8, 4) is 0 Å². The van der Waals surface area contributed by atoms with Crippen LogP contribution in [0.25, 0.3) is 0 Å². The fourth-order valence-electron chi connectivity index (χ4n) is 4.07. The molecule has 4 heteroatoms. The summed E-state index contributed by atoms with van der Waals surface area (Å²) < 4.78 is 0. The van der Waals surface area contributed by atoms with Crippen LogP contribution in [0.15, 0.2) is 54.6 Å². The van der Waals surface area contributed by atoms with Crippen molar-refractivity contribution in [3.63, 3.8) is 0 Å². The molecule has 0 spiro atoms. The lowest BCUT2D eigenvalue weighted by molar-refractivity contribution is -0.130. The molecule has 0 bridgehead atoms. The quantitative estimate of drug-likeness (QED) is 0.663. The summed E-state index contributed by atoms with van der Waals surface area (Å²) in [5, 5.41) is 6.14. The Bertz CT molecular complexity index is 795. The topological polar surface area (TPSA) is 58.2 Å². The lowest BCUT2D eigenvalue weighted by atomic mass is 9.81. The molecule has 1 saturated carbocycles. The van der Waals surface area contributed by atoms with Gasteiger partial charge in [0, 0.05) is 24.9 Å². The average Bonchev–Trinajstić information content (AvgIpc) is 2.76. The summed E-state index contributed by atoms with van der Waals surface area (Å²) in [5.41, 5.74) is 3.63. The highest BCUT2D eigenvalue weighted by atomic mass is 16.2. The van der Waals surface area contributed by atoms with Crippen molar-refractivity contribution in [1.29, 1.82) is 0 Å². The van der Waals surface area contributed by atoms with Gasteiger partial charge in [-0.25, -0.2) is 0 Å². The van der Waals surface area contributed by atoms with Crippen LogP contribution in [0, 0.1) is 18.8 Å². The van der Waals surface area contributed by atoms with Crippen LogP contribution in [-0.2, 0) is 22.6 Å². The van der Waals surface area contributed by atoms with E-state index in [2.05, 4.69) is 41.8 Å². The van der Waals surface area contributed by atoms with Gasteiger partial charge in [0.25, 0.3) is 0 Å². The van der Waals surface area contributed by atoms with Crippen LogP contribution < -0.4 is 10.6 Å². The van der Waals surface area contributed by atoms with Crippen molar-refractivity contribution < 1.29 is 9.59 Å². The zero-order chi connectivity index (χ0) is 20.5. The second-order valence-corrected chi connectivity index (χ2v) is 8.14. The van der Waals surface area contributed by atoms with Crippen molar-refractivity contribution in [1.82, 2.24) is 10.6 Å². The van der Waals surface area contributed by atoms with Gasteiger partial charge in [-0.15, -0.1) is 0 Å². The summed E-state index contributed by atoms with van der Waals surface area (Å²) in [6.45, 7) is 3.34. The Morgan fingerprint density at radius 1 is 0.828 bits per heavy atom. The molecule has 3 rings (SSSR count). The summed E-state index contributed by atoms with van der Waals surface area (Å²) in [6, 6.07) is 18.5. The third kappa shape index (κ3) is 6.74. The van der Waals surface area contributed by atoms with Gasteiger partial charge in [-0.3, -0.25) is 9.59 Å². The number of aryl methyl sites for hydroxylation is 2. The molecule has 0 aromatic heterocycles. The zero-order valence-corrected chi connectivity index (χ0v) is 17.3. The summed E-state index contributed by atoms with van der Waals surface area (Å²) >= 11 is 0. The molecule has 0 unspecified atom stereocenters. The zero-order valence-electron chi connectivity index (χ0n) is 17.3. The Hall–Kier alpha value is -2.62. The van der Waals surface area contributed by atoms with E-state index in [0.29, 0.717) is 13.1 Å². The maximum atomic E-state index is 12.5. The molecule has 0 saturated heterocycles. The van der Waals surface area contributed by atoms with E-state index in [-0.39, 0.29) is 23.7 Å². The number of hydrogen-bond donors (Lipinski definition) is 2. The molecular weight excluding hydrogens is 360 g/mol. The number of rotatable bonds is 8. The van der Waals surface area contributed by atoms with E-state index in [0.717, 1.165) is 44.1 Å². The first-order valence-corrected chi connectivity index (χ1v) is 10.8. The summed E-state index contributed by atoms with van der Waals surface area (Å²) in [5.74, 6) is 0.347. The van der Waals surface area contributed by atoms with Crippen LogP contribution in [0.2, 0.25) is 0 Å². The first-order valence-electron chi connectivity index (χ1n) is 10.8. The van der Waals surface area contributed by atoms with Gasteiger partial charge in [0.1, 0.15) is 0 Å². The first kappa shape index (κ1) is 21.1. The van der Waals surface area contributed by atoms with E-state index >= 15 is 0 Å². The van der Waals surface area contributed by atoms with Crippen molar-refractivity contribution in [2.75, 3.05) is 6.54 Å². The van der Waals surface area contributed by atoms with E-state index in [9.17, 15) is 9.59 Å². The van der Waals surface area contributed by atoms with Gasteiger partial charge in [-0.1, -0.05) is 60.2 Å². The van der Waals surface area contributed by atoms with Crippen LogP contribution in [0.3, 0.4) is 0 Å². The number of hydrogen-bond acceptors (Lipinski definition) is 2. The Kier molecular flexibility index (Phi) is 7.85. The summed E-state index contributed by atoms with van der Waals surface area (Å²) in [6.07, 6.45) is 5.12. The average molecular weight is 393 g/mol. The molecule has 0 aliphatic heterocycles. The monoisotopic (exact) mass is 392 g/mol. The van der Waals surface area contributed by atoms with E-state index in [1.165, 1.54) is 11.1 Å². The minimum absolute atomic E-state index is 0.0296. The lowest BCUT2D eigenvalue weighted by Crippen LogP contribution is -2.37. The molecule has 2 aromatic carbocycles. The van der Waals surface area contributed by atoms with Gasteiger partial charge < -0.3 is 10.6 Å². The molecule has 154 valence electrons. The van der Waals surface area contributed by atoms with E-state index in [4.69, 9.17) is 0 Å². The van der Waals surface area contributed by atoms with E-state index in [1.54, 1.807) is 0 Å². The maximum Gasteiger partial charge on any atom is 0.223 e. The van der Waals surface area contributed by atoms with Gasteiger partial charge in [0.15, 0.2) is 0 Å². The predicted molar refractivity (Wildman–Crippen MR) is 116 cm³/mol. The van der Waals surface area contributed by atoms with Crippen LogP contribution in [0.1, 0.15) is 48.8 Å². The Morgan fingerprint density at radius 3 is 2.10 bits per heavy atom. The van der Waals surface area contributed by atoms with E-state index in [1.807, 2.05) is 30.3 Å². The Balaban J connectivity index is 1.32. The molecule has 2 N–H and O–H groups in total. The first-order chi connectivity index (χ1) is 14.1. The number of amides is 2. The molecule has 0 radical (unpaired) electrons. The third-order valence-electron chi connectivity index (χ3n) is 5.80. The van der Waals surface area contributed by atoms with Crippen LogP contribution in [0.4, 0.5) is 0 Å². The highest BCUT2D eigenvalue weighted by Crippen LogP contribution is 2.29. The molecule has 1 fully saturated rings. The van der Waals surface area contributed by atoms with Crippen molar-refractivity contribution >= 4 is 11.8 Å². The number of carbonyl (C=O) groups is 2. The molecule has 0 heterocycles. The van der Waals surface area contributed by atoms with Gasteiger partial charge in [0.2, 0.25) is 11.8 Å². The van der Waals surface area contributed by atoms with Gasteiger partial charge in [-0.05, 0) is 56.6 Å². The fourth-order valence-corrected chi connectivity index (χ4v) is 4.07. The predicted octanol–water partition coefficient (Wildman–Crippen LogP) is 4.17. The number of carbonyl (C=O) groups excluding carboxylic acids is 2. The fraction of sp³-hybridized carbons (Fsp3) is 0.440. The van der Waals surface area contributed by atoms with Gasteiger partial charge in [0.05, 0.1) is 0 Å². The van der Waals surface area contributed by atoms with E-state index < -0.39 is 0 Å². The van der Waals surface area contributed by atoms with Crippen LogP contribution in [0.5, 0.6) is 0 Å². The molecule has 4 nitrogen and oxygen atoms in total. The van der Waals surface area contributed by atoms with Crippen LogP contribution >= 0.6 is 0 Å². The second-order valence-electron chi connectivity index (χ2n) is 8.14. The molecule has 2 aromatic rings. The molecular formula is C25H32N2O2. The highest BCUT2D eigenvalue weighted by molar-refractivity contribution is 5.81. The summed E-state index contributed by atoms with van der Waals surface area (Å²) in [7, 11) is 0. The third-order valence-corrected chi connectivity index (χ3v) is 5.80. The maximum absolute atomic E-state index is 12.5. The lowest BCUT2D eigenvalue weighted by Gasteiger charge is -2.27. The summed E-state index contributed by atoms with van der Waals surface area (Å²) in [4.78, 5) is 24.9. The number of benzene rings is 2. The molecule has 1 aliphatic rings. The number of nitrogens with one attached hydrogen (secondary N) is 2. The molecule has 0 atom stereocenters. The minimum atomic E-state index is 0.0296.